The van der Waals surface area contributed by atoms with Crippen molar-refractivity contribution in [1.29, 1.82) is 0 Å². The summed E-state index contributed by atoms with van der Waals surface area (Å²) >= 11 is 0. The molecule has 1 aromatic heterocycles. The van der Waals surface area contributed by atoms with Crippen LogP contribution < -0.4 is 16.4 Å². The van der Waals surface area contributed by atoms with Crippen LogP contribution in [0.5, 0.6) is 0 Å². The number of benzene rings is 1. The van der Waals surface area contributed by atoms with Gasteiger partial charge < -0.3 is 15.9 Å². The Kier molecular flexibility index (Phi) is 2.85. The van der Waals surface area contributed by atoms with E-state index in [-0.39, 0.29) is 5.96 Å². The zero-order valence-corrected chi connectivity index (χ0v) is 12.3. The number of anilines is 1. The van der Waals surface area contributed by atoms with Gasteiger partial charge >= 0.3 is 0 Å². The van der Waals surface area contributed by atoms with Gasteiger partial charge in [0.25, 0.3) is 0 Å². The molecule has 0 amide bonds. The molecule has 1 aromatic carbocycles. The summed E-state index contributed by atoms with van der Waals surface area (Å²) in [5.41, 5.74) is 13.4. The van der Waals surface area contributed by atoms with Crippen LogP contribution in [0.4, 0.5) is 5.69 Å². The van der Waals surface area contributed by atoms with Crippen molar-refractivity contribution in [3.63, 3.8) is 0 Å². The number of fused-ring (bicyclic) bond motifs is 1. The molecule has 6 nitrogen and oxygen atoms in total. The zero-order valence-electron chi connectivity index (χ0n) is 12.3. The Hall–Kier alpha value is -2.50. The SMILES string of the molecule is NC1=NC2(CCCCC2)N(c2cccc3ccoc23)C(N)=N1. The van der Waals surface area contributed by atoms with Gasteiger partial charge in [-0.1, -0.05) is 18.6 Å². The maximum absolute atomic E-state index is 6.24. The first kappa shape index (κ1) is 13.2. The van der Waals surface area contributed by atoms with Crippen LogP contribution in [-0.4, -0.2) is 17.6 Å². The van der Waals surface area contributed by atoms with Gasteiger partial charge in [0, 0.05) is 5.39 Å². The molecule has 2 aliphatic rings. The van der Waals surface area contributed by atoms with Crippen LogP contribution in [0.3, 0.4) is 0 Å². The highest BCUT2D eigenvalue weighted by Gasteiger charge is 2.43. The topological polar surface area (TPSA) is 93.1 Å². The van der Waals surface area contributed by atoms with Gasteiger partial charge in [-0.05, 0) is 37.8 Å². The molecule has 22 heavy (non-hydrogen) atoms. The molecule has 1 aliphatic carbocycles. The van der Waals surface area contributed by atoms with Crippen LogP contribution in [0.1, 0.15) is 32.1 Å². The standard InChI is InChI=1S/C16H19N5O/c17-14-19-15(18)21(16(20-14)8-2-1-3-9-16)12-6-4-5-11-7-10-22-13(11)12/h4-7,10H,1-3,8-9H2,(H4,17,18,19,20). The quantitative estimate of drug-likeness (QED) is 0.846. The molecule has 0 unspecified atom stereocenters. The van der Waals surface area contributed by atoms with Crippen molar-refractivity contribution in [3.05, 3.63) is 30.5 Å². The fourth-order valence-electron chi connectivity index (χ4n) is 3.62. The lowest BCUT2D eigenvalue weighted by Gasteiger charge is -2.45. The number of hydrogen-bond donors (Lipinski definition) is 2. The van der Waals surface area contributed by atoms with Gasteiger partial charge in [-0.25, -0.2) is 4.99 Å². The van der Waals surface area contributed by atoms with E-state index in [1.165, 1.54) is 6.42 Å². The highest BCUT2D eigenvalue weighted by Crippen LogP contribution is 2.41. The average molecular weight is 297 g/mol. The lowest BCUT2D eigenvalue weighted by atomic mass is 9.87. The first-order valence-corrected chi connectivity index (χ1v) is 7.66. The summed E-state index contributed by atoms with van der Waals surface area (Å²) in [6.07, 6.45) is 6.95. The minimum absolute atomic E-state index is 0.266. The molecule has 0 atom stereocenters. The monoisotopic (exact) mass is 297 g/mol. The molecule has 1 aliphatic heterocycles. The van der Waals surface area contributed by atoms with Crippen molar-refractivity contribution in [3.8, 4) is 0 Å². The third-order valence-electron chi connectivity index (χ3n) is 4.55. The molecule has 1 spiro atoms. The number of guanidine groups is 2. The normalized spacial score (nSPS) is 21.0. The predicted octanol–water partition coefficient (Wildman–Crippen LogP) is 2.54. The van der Waals surface area contributed by atoms with Gasteiger partial charge in [0.15, 0.2) is 5.58 Å². The molecule has 6 heteroatoms. The summed E-state index contributed by atoms with van der Waals surface area (Å²) in [4.78, 5) is 10.9. The van der Waals surface area contributed by atoms with Gasteiger partial charge in [0.1, 0.15) is 5.66 Å². The minimum Gasteiger partial charge on any atom is -0.462 e. The lowest BCUT2D eigenvalue weighted by Crippen LogP contribution is -2.58. The van der Waals surface area contributed by atoms with Crippen molar-refractivity contribution in [1.82, 2.24) is 0 Å². The summed E-state index contributed by atoms with van der Waals surface area (Å²) < 4.78 is 5.68. The van der Waals surface area contributed by atoms with Crippen LogP contribution in [0.15, 0.2) is 44.9 Å². The first-order chi connectivity index (χ1) is 10.7. The number of para-hydroxylation sites is 1. The fraction of sp³-hybridized carbons (Fsp3) is 0.375. The van der Waals surface area contributed by atoms with Crippen molar-refractivity contribution in [2.45, 2.75) is 37.8 Å². The highest BCUT2D eigenvalue weighted by atomic mass is 16.3. The van der Waals surface area contributed by atoms with Crippen molar-refractivity contribution >= 4 is 28.6 Å². The molecule has 114 valence electrons. The van der Waals surface area contributed by atoms with E-state index in [1.54, 1.807) is 6.26 Å². The maximum atomic E-state index is 6.24. The molecule has 1 fully saturated rings. The third kappa shape index (κ3) is 1.87. The van der Waals surface area contributed by atoms with Crippen LogP contribution in [-0.2, 0) is 0 Å². The van der Waals surface area contributed by atoms with Crippen molar-refractivity contribution in [2.24, 2.45) is 21.5 Å². The molecule has 4 rings (SSSR count). The smallest absolute Gasteiger partial charge is 0.220 e. The molecule has 0 saturated heterocycles. The number of hydrogen-bond acceptors (Lipinski definition) is 6. The molecule has 4 N–H and O–H groups in total. The molecule has 2 heterocycles. The summed E-state index contributed by atoms with van der Waals surface area (Å²) in [6, 6.07) is 7.96. The van der Waals surface area contributed by atoms with E-state index in [9.17, 15) is 0 Å². The summed E-state index contributed by atoms with van der Waals surface area (Å²) in [6.45, 7) is 0. The molecular weight excluding hydrogens is 278 g/mol. The minimum atomic E-state index is -0.435. The second kappa shape index (κ2) is 4.76. The predicted molar refractivity (Wildman–Crippen MR) is 87.8 cm³/mol. The number of nitrogens with zero attached hydrogens (tertiary/aromatic N) is 3. The summed E-state index contributed by atoms with van der Waals surface area (Å²) in [5, 5.41) is 1.04. The van der Waals surface area contributed by atoms with E-state index < -0.39 is 5.66 Å². The van der Waals surface area contributed by atoms with Gasteiger partial charge in [-0.2, -0.15) is 4.99 Å². The first-order valence-electron chi connectivity index (χ1n) is 7.66. The summed E-state index contributed by atoms with van der Waals surface area (Å²) in [5.74, 6) is 0.653. The van der Waals surface area contributed by atoms with Crippen LogP contribution in [0, 0.1) is 0 Å². The molecule has 0 radical (unpaired) electrons. The van der Waals surface area contributed by atoms with E-state index in [4.69, 9.17) is 15.9 Å². The van der Waals surface area contributed by atoms with Gasteiger partial charge in [-0.15, -0.1) is 0 Å². The summed E-state index contributed by atoms with van der Waals surface area (Å²) in [7, 11) is 0. The van der Waals surface area contributed by atoms with E-state index in [1.807, 2.05) is 29.2 Å². The van der Waals surface area contributed by atoms with Gasteiger partial charge in [0.2, 0.25) is 11.9 Å². The number of nitrogens with two attached hydrogens (primary N) is 2. The second-order valence-electron chi connectivity index (χ2n) is 5.93. The molecule has 2 aromatic rings. The van der Waals surface area contributed by atoms with Crippen molar-refractivity contribution < 1.29 is 4.42 Å². The third-order valence-corrected chi connectivity index (χ3v) is 4.55. The number of rotatable bonds is 1. The molecule has 0 bridgehead atoms. The second-order valence-corrected chi connectivity index (χ2v) is 5.93. The van der Waals surface area contributed by atoms with E-state index in [0.29, 0.717) is 5.96 Å². The van der Waals surface area contributed by atoms with Crippen LogP contribution >= 0.6 is 0 Å². The Bertz CT molecular complexity index is 770. The largest absolute Gasteiger partial charge is 0.462 e. The lowest BCUT2D eigenvalue weighted by molar-refractivity contribution is 0.305. The Balaban J connectivity index is 1.91. The van der Waals surface area contributed by atoms with Gasteiger partial charge in [-0.3, -0.25) is 4.90 Å². The van der Waals surface area contributed by atoms with Crippen LogP contribution in [0.25, 0.3) is 11.0 Å². The average Bonchev–Trinajstić information content (AvgIpc) is 2.96. The molecular formula is C16H19N5O. The number of furan rings is 1. The Morgan fingerprint density at radius 1 is 1.09 bits per heavy atom. The highest BCUT2D eigenvalue weighted by molar-refractivity contribution is 6.09. The Morgan fingerprint density at radius 2 is 1.91 bits per heavy atom. The maximum Gasteiger partial charge on any atom is 0.220 e. The zero-order chi connectivity index (χ0) is 15.2. The van der Waals surface area contributed by atoms with Crippen molar-refractivity contribution in [2.75, 3.05) is 4.90 Å². The van der Waals surface area contributed by atoms with Gasteiger partial charge in [0.05, 0.1) is 12.0 Å². The fourth-order valence-corrected chi connectivity index (χ4v) is 3.62. The van der Waals surface area contributed by atoms with Crippen LogP contribution in [0.2, 0.25) is 0 Å². The Morgan fingerprint density at radius 3 is 2.73 bits per heavy atom. The Labute approximate surface area is 128 Å². The molecule has 1 saturated carbocycles. The van der Waals surface area contributed by atoms with E-state index in [0.717, 1.165) is 42.3 Å². The van der Waals surface area contributed by atoms with E-state index >= 15 is 0 Å². The number of aliphatic imine (C=N–C) groups is 2. The van der Waals surface area contributed by atoms with E-state index in [2.05, 4.69) is 9.98 Å².